The molecule has 1 unspecified atom stereocenters. The second kappa shape index (κ2) is 12.3. The molecule has 1 aromatic carbocycles. The van der Waals surface area contributed by atoms with Gasteiger partial charge in [-0.2, -0.15) is 0 Å². The lowest BCUT2D eigenvalue weighted by Crippen LogP contribution is -2.41. The Morgan fingerprint density at radius 1 is 1.21 bits per heavy atom. The molecule has 0 spiro atoms. The summed E-state index contributed by atoms with van der Waals surface area (Å²) in [5.41, 5.74) is 0.441. The predicted octanol–water partition coefficient (Wildman–Crippen LogP) is 2.23. The molecule has 0 aliphatic carbocycles. The lowest BCUT2D eigenvalue weighted by atomic mass is 10.0. The third kappa shape index (κ3) is 8.16. The summed E-state index contributed by atoms with van der Waals surface area (Å²) in [5.74, 6) is -1.13. The fraction of sp³-hybridized carbons (Fsp3) is 0.526. The van der Waals surface area contributed by atoms with Gasteiger partial charge in [0.25, 0.3) is 5.69 Å². The van der Waals surface area contributed by atoms with Crippen LogP contribution < -0.4 is 5.32 Å². The van der Waals surface area contributed by atoms with Crippen molar-refractivity contribution in [1.29, 1.82) is 0 Å². The minimum absolute atomic E-state index is 0.0308. The number of nitrogens with one attached hydrogen (secondary N) is 1. The molecule has 0 saturated carbocycles. The molecule has 0 aliphatic heterocycles. The van der Waals surface area contributed by atoms with Crippen LogP contribution in [-0.4, -0.2) is 60.6 Å². The second-order valence-corrected chi connectivity index (χ2v) is 6.22. The quantitative estimate of drug-likeness (QED) is 0.337. The van der Waals surface area contributed by atoms with Crippen LogP contribution in [0.3, 0.4) is 0 Å². The molecule has 0 bridgehead atoms. The average molecular weight is 409 g/mol. The topological polar surface area (TPSA) is 128 Å². The SMILES string of the molecule is CCOC(=O)CN(CCNC(=O)OCC(C)c1ccccc1[N+](=O)[O-])C(=O)CC. The number of alkyl carbamates (subject to hydrolysis) is 1. The molecule has 1 aromatic rings. The normalized spacial score (nSPS) is 11.3. The van der Waals surface area contributed by atoms with Gasteiger partial charge in [-0.05, 0) is 6.92 Å². The first-order chi connectivity index (χ1) is 13.8. The number of benzene rings is 1. The summed E-state index contributed by atoms with van der Waals surface area (Å²) >= 11 is 0. The minimum Gasteiger partial charge on any atom is -0.465 e. The van der Waals surface area contributed by atoms with Gasteiger partial charge in [-0.15, -0.1) is 0 Å². The van der Waals surface area contributed by atoms with Gasteiger partial charge in [0.1, 0.15) is 13.2 Å². The van der Waals surface area contributed by atoms with E-state index in [1.54, 1.807) is 39.0 Å². The lowest BCUT2D eigenvalue weighted by molar-refractivity contribution is -0.385. The van der Waals surface area contributed by atoms with Gasteiger partial charge in [0.15, 0.2) is 0 Å². The number of nitro groups is 1. The maximum atomic E-state index is 11.9. The standard InChI is InChI=1S/C19H27N3O7/c1-4-17(23)21(12-18(24)28-5-2)11-10-20-19(25)29-13-14(3)15-8-6-7-9-16(15)22(26)27/h6-9,14H,4-5,10-13H2,1-3H3,(H,20,25). The van der Waals surface area contributed by atoms with Crippen molar-refractivity contribution in [3.05, 3.63) is 39.9 Å². The van der Waals surface area contributed by atoms with Gasteiger partial charge >= 0.3 is 12.1 Å². The third-order valence-corrected chi connectivity index (χ3v) is 4.06. The highest BCUT2D eigenvalue weighted by Crippen LogP contribution is 2.26. The molecule has 1 N–H and O–H groups in total. The molecule has 0 heterocycles. The van der Waals surface area contributed by atoms with Crippen LogP contribution in [0, 0.1) is 10.1 Å². The van der Waals surface area contributed by atoms with Gasteiger partial charge in [0, 0.05) is 37.1 Å². The number of nitro benzene ring substituents is 1. The molecule has 2 amide bonds. The van der Waals surface area contributed by atoms with Crippen molar-refractivity contribution in [1.82, 2.24) is 10.2 Å². The van der Waals surface area contributed by atoms with E-state index in [-0.39, 0.29) is 56.8 Å². The predicted molar refractivity (Wildman–Crippen MR) is 104 cm³/mol. The fourth-order valence-electron chi connectivity index (χ4n) is 2.58. The van der Waals surface area contributed by atoms with E-state index >= 15 is 0 Å². The highest BCUT2D eigenvalue weighted by molar-refractivity contribution is 5.82. The van der Waals surface area contributed by atoms with Crippen molar-refractivity contribution in [2.45, 2.75) is 33.1 Å². The largest absolute Gasteiger partial charge is 0.465 e. The molecule has 10 heteroatoms. The van der Waals surface area contributed by atoms with Crippen LogP contribution in [0.4, 0.5) is 10.5 Å². The Bertz CT molecular complexity index is 724. The van der Waals surface area contributed by atoms with Crippen molar-refractivity contribution in [3.63, 3.8) is 0 Å². The van der Waals surface area contributed by atoms with E-state index in [2.05, 4.69) is 5.32 Å². The van der Waals surface area contributed by atoms with Crippen molar-refractivity contribution in [3.8, 4) is 0 Å². The Balaban J connectivity index is 2.49. The first-order valence-electron chi connectivity index (χ1n) is 9.37. The van der Waals surface area contributed by atoms with Crippen LogP contribution in [0.2, 0.25) is 0 Å². The van der Waals surface area contributed by atoms with Crippen molar-refractivity contribution in [2.24, 2.45) is 0 Å². The molecule has 0 radical (unpaired) electrons. The highest BCUT2D eigenvalue weighted by atomic mass is 16.6. The molecule has 0 saturated heterocycles. The van der Waals surface area contributed by atoms with E-state index in [0.717, 1.165) is 0 Å². The zero-order chi connectivity index (χ0) is 21.8. The summed E-state index contributed by atoms with van der Waals surface area (Å²) < 4.78 is 9.95. The summed E-state index contributed by atoms with van der Waals surface area (Å²) in [4.78, 5) is 47.3. The van der Waals surface area contributed by atoms with E-state index in [1.807, 2.05) is 0 Å². The van der Waals surface area contributed by atoms with E-state index in [1.165, 1.54) is 11.0 Å². The third-order valence-electron chi connectivity index (χ3n) is 4.06. The zero-order valence-electron chi connectivity index (χ0n) is 16.9. The van der Waals surface area contributed by atoms with Gasteiger partial charge in [-0.1, -0.05) is 32.0 Å². The number of hydrogen-bond acceptors (Lipinski definition) is 7. The lowest BCUT2D eigenvalue weighted by Gasteiger charge is -2.21. The number of carbonyl (C=O) groups is 3. The number of carbonyl (C=O) groups excluding carboxylic acids is 3. The van der Waals surface area contributed by atoms with Crippen molar-refractivity contribution >= 4 is 23.7 Å². The molecule has 1 atom stereocenters. The van der Waals surface area contributed by atoms with E-state index in [9.17, 15) is 24.5 Å². The molecular formula is C19H27N3O7. The van der Waals surface area contributed by atoms with E-state index in [0.29, 0.717) is 5.56 Å². The molecule has 29 heavy (non-hydrogen) atoms. The fourth-order valence-corrected chi connectivity index (χ4v) is 2.58. The molecular weight excluding hydrogens is 382 g/mol. The van der Waals surface area contributed by atoms with Crippen LogP contribution >= 0.6 is 0 Å². The van der Waals surface area contributed by atoms with Crippen LogP contribution in [-0.2, 0) is 19.1 Å². The second-order valence-electron chi connectivity index (χ2n) is 6.22. The average Bonchev–Trinajstić information content (AvgIpc) is 2.70. The number of hydrogen-bond donors (Lipinski definition) is 1. The monoisotopic (exact) mass is 409 g/mol. The Morgan fingerprint density at radius 3 is 2.52 bits per heavy atom. The van der Waals surface area contributed by atoms with Crippen LogP contribution in [0.5, 0.6) is 0 Å². The number of ether oxygens (including phenoxy) is 2. The number of amides is 2. The molecule has 0 fully saturated rings. The smallest absolute Gasteiger partial charge is 0.407 e. The van der Waals surface area contributed by atoms with Gasteiger partial charge in [-0.3, -0.25) is 19.7 Å². The Morgan fingerprint density at radius 2 is 1.90 bits per heavy atom. The molecule has 1 rings (SSSR count). The first-order valence-corrected chi connectivity index (χ1v) is 9.37. The van der Waals surface area contributed by atoms with Crippen LogP contribution in [0.15, 0.2) is 24.3 Å². The Kier molecular flexibility index (Phi) is 10.1. The van der Waals surface area contributed by atoms with Gasteiger partial charge < -0.3 is 19.7 Å². The minimum atomic E-state index is -0.713. The molecule has 160 valence electrons. The molecule has 0 aromatic heterocycles. The van der Waals surface area contributed by atoms with Gasteiger partial charge in [0.05, 0.1) is 11.5 Å². The maximum Gasteiger partial charge on any atom is 0.407 e. The van der Waals surface area contributed by atoms with Gasteiger partial charge in [0.2, 0.25) is 5.91 Å². The Hall–Kier alpha value is -3.17. The molecule has 10 nitrogen and oxygen atoms in total. The summed E-state index contributed by atoms with van der Waals surface area (Å²) in [7, 11) is 0. The summed E-state index contributed by atoms with van der Waals surface area (Å²) in [6.45, 7) is 5.26. The van der Waals surface area contributed by atoms with E-state index < -0.39 is 17.0 Å². The van der Waals surface area contributed by atoms with Crippen LogP contribution in [0.1, 0.15) is 38.7 Å². The maximum absolute atomic E-state index is 11.9. The Labute approximate surface area is 169 Å². The summed E-state index contributed by atoms with van der Waals surface area (Å²) in [6, 6.07) is 6.27. The van der Waals surface area contributed by atoms with Crippen LogP contribution in [0.25, 0.3) is 0 Å². The van der Waals surface area contributed by atoms with E-state index in [4.69, 9.17) is 9.47 Å². The summed E-state index contributed by atoms with van der Waals surface area (Å²) in [6.07, 6.45) is -0.493. The zero-order valence-corrected chi connectivity index (χ0v) is 16.9. The van der Waals surface area contributed by atoms with Crippen molar-refractivity contribution < 1.29 is 28.8 Å². The number of esters is 1. The number of para-hydroxylation sites is 1. The first kappa shape index (κ1) is 23.9. The van der Waals surface area contributed by atoms with Crippen molar-refractivity contribution in [2.75, 3.05) is 32.8 Å². The number of nitrogens with zero attached hydrogens (tertiary/aromatic N) is 2. The van der Waals surface area contributed by atoms with Gasteiger partial charge in [-0.25, -0.2) is 4.79 Å². The molecule has 0 aliphatic rings. The number of rotatable bonds is 11. The summed E-state index contributed by atoms with van der Waals surface area (Å²) in [5, 5.41) is 13.6. The highest BCUT2D eigenvalue weighted by Gasteiger charge is 2.20.